The molecule has 6 rings (SSSR count). The van der Waals surface area contributed by atoms with Crippen LogP contribution in [0.25, 0.3) is 5.65 Å². The minimum Gasteiger partial charge on any atom is -0.483 e. The molecule has 3 N–H and O–H groups in total. The number of benzene rings is 2. The normalized spacial score (nSPS) is 13.3. The highest BCUT2D eigenvalue weighted by molar-refractivity contribution is 6.02. The van der Waals surface area contributed by atoms with Gasteiger partial charge in [-0.2, -0.15) is 5.10 Å². The summed E-state index contributed by atoms with van der Waals surface area (Å²) in [5, 5.41) is 11.9. The van der Waals surface area contributed by atoms with E-state index < -0.39 is 29.0 Å². The summed E-state index contributed by atoms with van der Waals surface area (Å²) in [7, 11) is 0. The number of hydrogen-bond donors (Lipinski definition) is 3. The van der Waals surface area contributed by atoms with Crippen LogP contribution in [0.5, 0.6) is 5.75 Å². The van der Waals surface area contributed by atoms with Gasteiger partial charge in [0.2, 0.25) is 11.3 Å². The van der Waals surface area contributed by atoms with Gasteiger partial charge in [-0.1, -0.05) is 60.7 Å². The summed E-state index contributed by atoms with van der Waals surface area (Å²) in [6.45, 7) is 4.62. The Balaban J connectivity index is 1.28. The number of rotatable bonds is 10. The summed E-state index contributed by atoms with van der Waals surface area (Å²) in [6, 6.07) is 21.2. The third-order valence-electron chi connectivity index (χ3n) is 8.03. The van der Waals surface area contributed by atoms with E-state index in [0.717, 1.165) is 5.56 Å². The van der Waals surface area contributed by atoms with Gasteiger partial charge >= 0.3 is 5.69 Å². The first kappa shape index (κ1) is 31.0. The van der Waals surface area contributed by atoms with Gasteiger partial charge in [0.05, 0.1) is 12.1 Å². The zero-order chi connectivity index (χ0) is 33.1. The van der Waals surface area contributed by atoms with Crippen LogP contribution in [0.2, 0.25) is 0 Å². The zero-order valence-electron chi connectivity index (χ0n) is 25.8. The maximum Gasteiger partial charge on any atom is 0.347 e. The van der Waals surface area contributed by atoms with Crippen molar-refractivity contribution in [3.05, 3.63) is 134 Å². The van der Waals surface area contributed by atoms with Gasteiger partial charge in [-0.15, -0.1) is 0 Å². The molecule has 240 valence electrons. The second kappa shape index (κ2) is 13.2. The zero-order valence-corrected chi connectivity index (χ0v) is 25.8. The molecule has 1 atom stereocenters. The number of nitrogens with zero attached hydrogens (tertiary/aromatic N) is 4. The summed E-state index contributed by atoms with van der Waals surface area (Å²) in [6.07, 6.45) is 1.48. The monoisotopic (exact) mass is 635 g/mol. The molecule has 0 saturated carbocycles. The van der Waals surface area contributed by atoms with Crippen LogP contribution < -0.4 is 26.5 Å². The Bertz CT molecular complexity index is 2070. The second-order valence-corrected chi connectivity index (χ2v) is 11.4. The van der Waals surface area contributed by atoms with Crippen molar-refractivity contribution in [3.63, 3.8) is 0 Å². The number of H-pyrrole nitrogens is 1. The Morgan fingerprint density at radius 2 is 1.68 bits per heavy atom. The fourth-order valence-electron chi connectivity index (χ4n) is 5.64. The molecule has 0 unspecified atom stereocenters. The summed E-state index contributed by atoms with van der Waals surface area (Å²) in [5.74, 6) is -1.54. The molecule has 0 radical (unpaired) electrons. The fraction of sp³-hybridized carbons (Fsp3) is 0.235. The van der Waals surface area contributed by atoms with Crippen LogP contribution >= 0.6 is 0 Å². The molecule has 4 heterocycles. The summed E-state index contributed by atoms with van der Waals surface area (Å²) in [4.78, 5) is 68.0. The SMILES string of the molecule is CC(C)N1CCn2c(CNC(=O)[C@H](NC(=O)c3cccn4c(=O)[nH]nc34)c3ccccc3)cc(=O)c(OCc3ccccc3)c2C1=O. The van der Waals surface area contributed by atoms with Crippen LogP contribution in [-0.4, -0.2) is 54.4 Å². The Labute approximate surface area is 268 Å². The lowest BCUT2D eigenvalue weighted by Gasteiger charge is -2.35. The smallest absolute Gasteiger partial charge is 0.347 e. The van der Waals surface area contributed by atoms with Crippen LogP contribution in [0, 0.1) is 0 Å². The first-order chi connectivity index (χ1) is 22.7. The van der Waals surface area contributed by atoms with E-state index in [-0.39, 0.29) is 47.8 Å². The molecule has 3 amide bonds. The Kier molecular flexibility index (Phi) is 8.69. The maximum atomic E-state index is 13.7. The van der Waals surface area contributed by atoms with Crippen molar-refractivity contribution in [3.8, 4) is 5.75 Å². The van der Waals surface area contributed by atoms with Gasteiger partial charge in [0.25, 0.3) is 11.8 Å². The molecule has 0 spiro atoms. The minimum absolute atomic E-state index is 0.0413. The highest BCUT2D eigenvalue weighted by atomic mass is 16.5. The van der Waals surface area contributed by atoms with Crippen molar-refractivity contribution in [2.75, 3.05) is 6.54 Å². The molecular weight excluding hydrogens is 602 g/mol. The minimum atomic E-state index is -1.13. The van der Waals surface area contributed by atoms with E-state index in [9.17, 15) is 24.0 Å². The van der Waals surface area contributed by atoms with Gasteiger partial charge in [-0.05, 0) is 37.1 Å². The van der Waals surface area contributed by atoms with Gasteiger partial charge in [-0.3, -0.25) is 19.2 Å². The van der Waals surface area contributed by atoms with Crippen LogP contribution in [0.4, 0.5) is 0 Å². The molecule has 0 bridgehead atoms. The lowest BCUT2D eigenvalue weighted by Crippen LogP contribution is -2.47. The average Bonchev–Trinajstić information content (AvgIpc) is 3.47. The van der Waals surface area contributed by atoms with Crippen LogP contribution in [0.15, 0.2) is 94.6 Å². The number of fused-ring (bicyclic) bond motifs is 2. The fourth-order valence-corrected chi connectivity index (χ4v) is 5.64. The molecule has 1 aliphatic heterocycles. The van der Waals surface area contributed by atoms with E-state index in [0.29, 0.717) is 24.3 Å². The van der Waals surface area contributed by atoms with E-state index in [1.54, 1.807) is 39.8 Å². The lowest BCUT2D eigenvalue weighted by atomic mass is 10.1. The number of ether oxygens (including phenoxy) is 1. The van der Waals surface area contributed by atoms with E-state index in [4.69, 9.17) is 4.74 Å². The molecule has 47 heavy (non-hydrogen) atoms. The number of carbonyl (C=O) groups is 3. The molecule has 5 aromatic rings. The van der Waals surface area contributed by atoms with Crippen molar-refractivity contribution >= 4 is 23.4 Å². The van der Waals surface area contributed by atoms with Gasteiger partial charge in [0.15, 0.2) is 17.1 Å². The van der Waals surface area contributed by atoms with E-state index >= 15 is 0 Å². The third-order valence-corrected chi connectivity index (χ3v) is 8.03. The summed E-state index contributed by atoms with van der Waals surface area (Å²) >= 11 is 0. The standard InChI is InChI=1S/C34H33N7O6/c1-21(2)39-16-17-40-24(18-26(42)29(28(40)33(39)45)47-20-22-10-5-3-6-11-22)19-35-32(44)27(23-12-7-4-8-13-23)36-31(43)25-14-9-15-41-30(25)37-38-34(41)46/h3-15,18,21,27H,16-17,19-20H2,1-2H3,(H,35,44)(H,36,43)(H,38,46)/t27-/m1/s1. The second-order valence-electron chi connectivity index (χ2n) is 11.4. The number of pyridine rings is 2. The number of carbonyl (C=O) groups excluding carboxylic acids is 3. The van der Waals surface area contributed by atoms with Gasteiger partial charge in [0.1, 0.15) is 12.6 Å². The number of aromatic amines is 1. The third kappa shape index (κ3) is 6.27. The number of aromatic nitrogens is 4. The van der Waals surface area contributed by atoms with Crippen molar-refractivity contribution in [1.82, 2.24) is 34.7 Å². The van der Waals surface area contributed by atoms with E-state index in [1.807, 2.05) is 44.2 Å². The molecule has 2 aromatic carbocycles. The maximum absolute atomic E-state index is 13.7. The predicted octanol–water partition coefficient (Wildman–Crippen LogP) is 2.42. The topological polar surface area (TPSA) is 160 Å². The van der Waals surface area contributed by atoms with Crippen LogP contribution in [0.3, 0.4) is 0 Å². The molecule has 13 heteroatoms. The average molecular weight is 636 g/mol. The molecular formula is C34H33N7O6. The number of hydrogen-bond acceptors (Lipinski definition) is 7. The summed E-state index contributed by atoms with van der Waals surface area (Å²) in [5.41, 5.74) is 1.13. The van der Waals surface area contributed by atoms with E-state index in [2.05, 4.69) is 20.8 Å². The summed E-state index contributed by atoms with van der Waals surface area (Å²) < 4.78 is 8.88. The number of nitrogens with one attached hydrogen (secondary N) is 3. The first-order valence-corrected chi connectivity index (χ1v) is 15.2. The Morgan fingerprint density at radius 1 is 0.957 bits per heavy atom. The highest BCUT2D eigenvalue weighted by Crippen LogP contribution is 2.25. The number of amides is 3. The molecule has 0 saturated heterocycles. The highest BCUT2D eigenvalue weighted by Gasteiger charge is 2.33. The van der Waals surface area contributed by atoms with Crippen molar-refractivity contribution < 1.29 is 19.1 Å². The van der Waals surface area contributed by atoms with Gasteiger partial charge < -0.3 is 24.8 Å². The Morgan fingerprint density at radius 3 is 2.40 bits per heavy atom. The predicted molar refractivity (Wildman–Crippen MR) is 172 cm³/mol. The lowest BCUT2D eigenvalue weighted by molar-refractivity contribution is -0.123. The van der Waals surface area contributed by atoms with Crippen LogP contribution in [0.1, 0.15) is 57.6 Å². The van der Waals surface area contributed by atoms with Crippen LogP contribution in [-0.2, 0) is 24.5 Å². The molecule has 1 aliphatic rings. The Hall–Kier alpha value is -5.98. The van der Waals surface area contributed by atoms with Gasteiger partial charge in [-0.25, -0.2) is 14.3 Å². The molecule has 13 nitrogen and oxygen atoms in total. The molecule has 0 fully saturated rings. The largest absolute Gasteiger partial charge is 0.483 e. The van der Waals surface area contributed by atoms with Crippen molar-refractivity contribution in [2.24, 2.45) is 0 Å². The van der Waals surface area contributed by atoms with Crippen molar-refractivity contribution in [2.45, 2.75) is 45.6 Å². The first-order valence-electron chi connectivity index (χ1n) is 15.2. The molecule has 0 aliphatic carbocycles. The van der Waals surface area contributed by atoms with Crippen molar-refractivity contribution in [1.29, 1.82) is 0 Å². The van der Waals surface area contributed by atoms with E-state index in [1.165, 1.54) is 28.8 Å². The quantitative estimate of drug-likeness (QED) is 0.213. The van der Waals surface area contributed by atoms with Gasteiger partial charge in [0, 0.05) is 37.1 Å². The molecule has 3 aromatic heterocycles.